The fourth-order valence-electron chi connectivity index (χ4n) is 3.87. The lowest BCUT2D eigenvalue weighted by Crippen LogP contribution is -3.10. The van der Waals surface area contributed by atoms with Crippen LogP contribution < -0.4 is 4.90 Å². The molecular weight excluding hydrogens is 309 g/mol. The molecule has 0 radical (unpaired) electrons. The fourth-order valence-corrected chi connectivity index (χ4v) is 3.87. The van der Waals surface area contributed by atoms with Gasteiger partial charge in [0.15, 0.2) is 6.04 Å². The Balaban J connectivity index is 1.65. The van der Waals surface area contributed by atoms with E-state index in [0.717, 1.165) is 43.9 Å². The van der Waals surface area contributed by atoms with Gasteiger partial charge in [0.05, 0.1) is 25.7 Å². The summed E-state index contributed by atoms with van der Waals surface area (Å²) in [6.07, 6.45) is 4.76. The van der Waals surface area contributed by atoms with E-state index in [4.69, 9.17) is 4.74 Å². The first-order valence-corrected chi connectivity index (χ1v) is 8.79. The molecule has 0 amide bonds. The number of hydrogen-bond acceptors (Lipinski definition) is 4. The fraction of sp³-hybridized carbons (Fsp3) is 0.588. The van der Waals surface area contributed by atoms with Crippen molar-refractivity contribution in [3.63, 3.8) is 0 Å². The molecule has 2 atom stereocenters. The first-order valence-electron chi connectivity index (χ1n) is 8.79. The van der Waals surface area contributed by atoms with Crippen LogP contribution in [0.1, 0.15) is 43.1 Å². The highest BCUT2D eigenvalue weighted by atomic mass is 19.1. The molecule has 0 bridgehead atoms. The van der Waals surface area contributed by atoms with Gasteiger partial charge in [-0.25, -0.2) is 9.07 Å². The number of quaternary nitrogens is 1. The molecule has 1 aromatic carbocycles. The number of halogens is 1. The van der Waals surface area contributed by atoms with Crippen molar-refractivity contribution in [2.24, 2.45) is 0 Å². The third-order valence-electron chi connectivity index (χ3n) is 5.08. The number of likely N-dealkylation sites (tertiary alicyclic amines) is 1. The lowest BCUT2D eigenvalue weighted by Gasteiger charge is -2.24. The maximum absolute atomic E-state index is 13.4. The first kappa shape index (κ1) is 15.7. The second-order valence-corrected chi connectivity index (χ2v) is 6.70. The van der Waals surface area contributed by atoms with E-state index >= 15 is 0 Å². The van der Waals surface area contributed by atoms with Crippen molar-refractivity contribution in [2.45, 2.75) is 44.4 Å². The summed E-state index contributed by atoms with van der Waals surface area (Å²) in [5, 5.41) is 12.5. The van der Waals surface area contributed by atoms with Gasteiger partial charge in [-0.3, -0.25) is 0 Å². The van der Waals surface area contributed by atoms with Gasteiger partial charge < -0.3 is 9.64 Å². The lowest BCUT2D eigenvalue weighted by atomic mass is 10.0. The highest BCUT2D eigenvalue weighted by Crippen LogP contribution is 2.21. The van der Waals surface area contributed by atoms with E-state index in [2.05, 4.69) is 15.5 Å². The molecule has 2 fully saturated rings. The van der Waals surface area contributed by atoms with Crippen molar-refractivity contribution in [1.29, 1.82) is 0 Å². The molecule has 7 heteroatoms. The minimum absolute atomic E-state index is 0.0458. The van der Waals surface area contributed by atoms with Crippen LogP contribution in [0.3, 0.4) is 0 Å². The molecule has 0 spiro atoms. The van der Waals surface area contributed by atoms with Crippen LogP contribution in [0.4, 0.5) is 4.39 Å². The molecule has 3 heterocycles. The average molecular weight is 332 g/mol. The van der Waals surface area contributed by atoms with Gasteiger partial charge in [0.2, 0.25) is 5.82 Å². The van der Waals surface area contributed by atoms with E-state index in [1.54, 1.807) is 0 Å². The molecule has 2 aliphatic heterocycles. The van der Waals surface area contributed by atoms with Gasteiger partial charge in [-0.15, -0.1) is 5.10 Å². The summed E-state index contributed by atoms with van der Waals surface area (Å²) in [7, 11) is 0. The van der Waals surface area contributed by atoms with Crippen LogP contribution in [0.15, 0.2) is 24.3 Å². The van der Waals surface area contributed by atoms with Crippen LogP contribution in [-0.2, 0) is 11.3 Å². The average Bonchev–Trinajstić information content (AvgIpc) is 3.34. The Morgan fingerprint density at radius 1 is 1.21 bits per heavy atom. The summed E-state index contributed by atoms with van der Waals surface area (Å²) in [6, 6.07) is 6.80. The van der Waals surface area contributed by atoms with E-state index in [9.17, 15) is 4.39 Å². The van der Waals surface area contributed by atoms with E-state index in [0.29, 0.717) is 6.54 Å². The van der Waals surface area contributed by atoms with Gasteiger partial charge in [-0.05, 0) is 47.5 Å². The van der Waals surface area contributed by atoms with E-state index < -0.39 is 0 Å². The summed E-state index contributed by atoms with van der Waals surface area (Å²) in [6.45, 7) is 3.69. The second-order valence-electron chi connectivity index (χ2n) is 6.70. The maximum Gasteiger partial charge on any atom is 0.214 e. The van der Waals surface area contributed by atoms with Crippen LogP contribution in [0, 0.1) is 5.82 Å². The van der Waals surface area contributed by atoms with Crippen molar-refractivity contribution in [2.75, 3.05) is 19.7 Å². The van der Waals surface area contributed by atoms with E-state index in [1.165, 1.54) is 29.9 Å². The molecule has 2 aliphatic rings. The Bertz CT molecular complexity index is 662. The quantitative estimate of drug-likeness (QED) is 0.878. The number of tetrazole rings is 1. The molecule has 4 rings (SSSR count). The molecule has 1 aromatic heterocycles. The molecule has 1 N–H and O–H groups in total. The minimum atomic E-state index is -0.215. The number of rotatable bonds is 5. The number of nitrogens with one attached hydrogen (secondary N) is 1. The Kier molecular flexibility index (Phi) is 4.53. The zero-order valence-electron chi connectivity index (χ0n) is 13.7. The van der Waals surface area contributed by atoms with Crippen LogP contribution >= 0.6 is 0 Å². The molecule has 24 heavy (non-hydrogen) atoms. The van der Waals surface area contributed by atoms with Gasteiger partial charge in [-0.2, -0.15) is 0 Å². The molecule has 6 nitrogen and oxygen atoms in total. The van der Waals surface area contributed by atoms with Crippen molar-refractivity contribution in [1.82, 2.24) is 20.2 Å². The second kappa shape index (κ2) is 6.94. The van der Waals surface area contributed by atoms with E-state index in [1.807, 2.05) is 16.8 Å². The zero-order valence-corrected chi connectivity index (χ0v) is 13.7. The summed E-state index contributed by atoms with van der Waals surface area (Å²) in [5.74, 6) is 0.641. The van der Waals surface area contributed by atoms with Gasteiger partial charge in [-0.1, -0.05) is 0 Å². The summed E-state index contributed by atoms with van der Waals surface area (Å²) in [5.41, 5.74) is 1.07. The number of nitrogens with zero attached hydrogens (tertiary/aromatic N) is 4. The summed E-state index contributed by atoms with van der Waals surface area (Å²) in [4.78, 5) is 1.45. The van der Waals surface area contributed by atoms with Crippen molar-refractivity contribution in [3.05, 3.63) is 41.5 Å². The number of hydrogen-bond donors (Lipinski definition) is 1. The molecule has 2 saturated heterocycles. The van der Waals surface area contributed by atoms with Crippen LogP contribution in [0.2, 0.25) is 0 Å². The number of ether oxygens (including phenoxy) is 1. The summed E-state index contributed by atoms with van der Waals surface area (Å²) < 4.78 is 21.0. The van der Waals surface area contributed by atoms with Gasteiger partial charge in [0.25, 0.3) is 0 Å². The molecule has 2 aromatic rings. The van der Waals surface area contributed by atoms with Crippen LogP contribution in [0.25, 0.3) is 0 Å². The Morgan fingerprint density at radius 3 is 2.71 bits per heavy atom. The standard InChI is InChI=1S/C17H22FN5O/c18-14-7-5-13(6-8-14)16(22-9-1-2-10-22)17-19-20-21-23(17)12-15-4-3-11-24-15/h5-8,15-16H,1-4,9-12H2/p+1/t15-,16-/m0/s1. The first-order chi connectivity index (χ1) is 11.8. The lowest BCUT2D eigenvalue weighted by molar-refractivity contribution is -0.914. The SMILES string of the molecule is Fc1ccc([C@@H](c2nnnn2C[C@@H]2CCCO2)[NH+]2CCCC2)cc1. The Labute approximate surface area is 140 Å². The van der Waals surface area contributed by atoms with Crippen molar-refractivity contribution < 1.29 is 14.0 Å². The topological polar surface area (TPSA) is 57.3 Å². The Hall–Kier alpha value is -1.86. The number of benzene rings is 1. The third kappa shape index (κ3) is 3.18. The maximum atomic E-state index is 13.4. The summed E-state index contributed by atoms with van der Waals surface area (Å²) >= 11 is 0. The molecule has 0 unspecified atom stereocenters. The monoisotopic (exact) mass is 332 g/mol. The van der Waals surface area contributed by atoms with Crippen molar-refractivity contribution >= 4 is 0 Å². The molecule has 0 aliphatic carbocycles. The molecule has 0 saturated carbocycles. The third-order valence-corrected chi connectivity index (χ3v) is 5.08. The highest BCUT2D eigenvalue weighted by Gasteiger charge is 2.34. The highest BCUT2D eigenvalue weighted by molar-refractivity contribution is 5.23. The number of aromatic nitrogens is 4. The van der Waals surface area contributed by atoms with Crippen LogP contribution in [0.5, 0.6) is 0 Å². The molecule has 128 valence electrons. The van der Waals surface area contributed by atoms with Crippen molar-refractivity contribution in [3.8, 4) is 0 Å². The predicted molar refractivity (Wildman–Crippen MR) is 85.0 cm³/mol. The van der Waals surface area contributed by atoms with Crippen LogP contribution in [-0.4, -0.2) is 46.0 Å². The van der Waals surface area contributed by atoms with Gasteiger partial charge in [0.1, 0.15) is 5.82 Å². The molecular formula is C17H23FN5O+. The van der Waals surface area contributed by atoms with Gasteiger partial charge >= 0.3 is 0 Å². The largest absolute Gasteiger partial charge is 0.376 e. The normalized spacial score (nSPS) is 23.0. The predicted octanol–water partition coefficient (Wildman–Crippen LogP) is 0.759. The zero-order chi connectivity index (χ0) is 16.4. The minimum Gasteiger partial charge on any atom is -0.376 e. The van der Waals surface area contributed by atoms with E-state index in [-0.39, 0.29) is 18.0 Å². The smallest absolute Gasteiger partial charge is 0.214 e. The van der Waals surface area contributed by atoms with Gasteiger partial charge in [0, 0.05) is 25.0 Å². The Morgan fingerprint density at radius 2 is 2.00 bits per heavy atom.